The van der Waals surface area contributed by atoms with Gasteiger partial charge in [0.2, 0.25) is 0 Å². The molecule has 32 heavy (non-hydrogen) atoms. The number of hydrogen-bond donors (Lipinski definition) is 2. The summed E-state index contributed by atoms with van der Waals surface area (Å²) in [7, 11) is 1.54. The third-order valence-electron chi connectivity index (χ3n) is 4.32. The van der Waals surface area contributed by atoms with Crippen molar-refractivity contribution in [1.29, 1.82) is 0 Å². The predicted molar refractivity (Wildman–Crippen MR) is 138 cm³/mol. The summed E-state index contributed by atoms with van der Waals surface area (Å²) in [6.45, 7) is 0.315. The third kappa shape index (κ3) is 6.42. The van der Waals surface area contributed by atoms with E-state index in [2.05, 4.69) is 55.7 Å². The van der Waals surface area contributed by atoms with Crippen LogP contribution >= 0.6 is 45.2 Å². The van der Waals surface area contributed by atoms with Crippen molar-refractivity contribution in [2.45, 2.75) is 6.61 Å². The minimum absolute atomic E-state index is 0.236. The maximum Gasteiger partial charge on any atom is 0.335 e. The van der Waals surface area contributed by atoms with Crippen LogP contribution in [0.15, 0.2) is 65.8 Å². The minimum atomic E-state index is -0.960. The molecule has 2 N–H and O–H groups in total. The zero-order valence-electron chi connectivity index (χ0n) is 16.8. The van der Waals surface area contributed by atoms with Crippen LogP contribution in [0.2, 0.25) is 0 Å². The first kappa shape index (κ1) is 24.0. The summed E-state index contributed by atoms with van der Waals surface area (Å²) in [6, 6.07) is 17.2. The van der Waals surface area contributed by atoms with Crippen LogP contribution in [-0.4, -0.2) is 30.3 Å². The average molecular weight is 656 g/mol. The number of benzene rings is 3. The molecule has 0 spiro atoms. The van der Waals surface area contributed by atoms with Crippen LogP contribution < -0.4 is 14.9 Å². The van der Waals surface area contributed by atoms with Gasteiger partial charge >= 0.3 is 5.97 Å². The van der Waals surface area contributed by atoms with Gasteiger partial charge in [0.05, 0.1) is 26.0 Å². The van der Waals surface area contributed by atoms with Gasteiger partial charge in [-0.2, -0.15) is 5.10 Å². The van der Waals surface area contributed by atoms with Crippen molar-refractivity contribution in [1.82, 2.24) is 5.43 Å². The van der Waals surface area contributed by atoms with E-state index in [0.717, 1.165) is 24.0 Å². The van der Waals surface area contributed by atoms with Crippen LogP contribution in [0.1, 0.15) is 31.8 Å². The maximum absolute atomic E-state index is 12.2. The lowest BCUT2D eigenvalue weighted by molar-refractivity contribution is 0.0696. The molecule has 0 aliphatic rings. The Labute approximate surface area is 212 Å². The molecule has 0 radical (unpaired) electrons. The second-order valence-electron chi connectivity index (χ2n) is 6.54. The Bertz CT molecular complexity index is 1140. The van der Waals surface area contributed by atoms with E-state index in [9.17, 15) is 9.59 Å². The molecule has 9 heteroatoms. The summed E-state index contributed by atoms with van der Waals surface area (Å²) < 4.78 is 12.8. The van der Waals surface area contributed by atoms with Gasteiger partial charge in [-0.3, -0.25) is 4.79 Å². The van der Waals surface area contributed by atoms with Gasteiger partial charge in [0.1, 0.15) is 18.1 Å². The van der Waals surface area contributed by atoms with Crippen molar-refractivity contribution in [2.24, 2.45) is 5.10 Å². The number of rotatable bonds is 8. The van der Waals surface area contributed by atoms with Gasteiger partial charge in [-0.15, -0.1) is 0 Å². The van der Waals surface area contributed by atoms with Crippen molar-refractivity contribution < 1.29 is 24.2 Å². The number of carbonyl (C=O) groups is 2. The van der Waals surface area contributed by atoms with Gasteiger partial charge in [0, 0.05) is 5.56 Å². The van der Waals surface area contributed by atoms with Gasteiger partial charge in [0.15, 0.2) is 0 Å². The second kappa shape index (κ2) is 11.3. The summed E-state index contributed by atoms with van der Waals surface area (Å²) >= 11 is 4.36. The smallest absolute Gasteiger partial charge is 0.335 e. The zero-order chi connectivity index (χ0) is 23.1. The normalized spacial score (nSPS) is 10.7. The quantitative estimate of drug-likeness (QED) is 0.204. The minimum Gasteiger partial charge on any atom is -0.497 e. The molecule has 0 heterocycles. The Morgan fingerprint density at radius 3 is 2.34 bits per heavy atom. The molecule has 0 saturated carbocycles. The van der Waals surface area contributed by atoms with E-state index >= 15 is 0 Å². The van der Waals surface area contributed by atoms with Gasteiger partial charge < -0.3 is 14.6 Å². The molecule has 0 aliphatic heterocycles. The summed E-state index contributed by atoms with van der Waals surface area (Å²) in [5.74, 6) is 0.0298. The number of carboxylic acids is 1. The Morgan fingerprint density at radius 2 is 1.72 bits per heavy atom. The molecular formula is C23H18I2N2O5. The highest BCUT2D eigenvalue weighted by Crippen LogP contribution is 2.29. The Balaban J connectivity index is 1.63. The monoisotopic (exact) mass is 656 g/mol. The maximum atomic E-state index is 12.2. The highest BCUT2D eigenvalue weighted by molar-refractivity contribution is 14.1. The number of ether oxygens (including phenoxy) is 2. The fourth-order valence-corrected chi connectivity index (χ4v) is 4.81. The number of nitrogens with zero attached hydrogens (tertiary/aromatic N) is 1. The van der Waals surface area contributed by atoms with Crippen molar-refractivity contribution in [3.8, 4) is 11.5 Å². The van der Waals surface area contributed by atoms with E-state index in [1.54, 1.807) is 61.9 Å². The number of amides is 1. The van der Waals surface area contributed by atoms with Gasteiger partial charge in [0.25, 0.3) is 5.91 Å². The topological polar surface area (TPSA) is 97.2 Å². The average Bonchev–Trinajstić information content (AvgIpc) is 2.78. The highest BCUT2D eigenvalue weighted by Gasteiger charge is 2.10. The number of carboxylic acid groups (broad SMARTS) is 1. The number of carbonyl (C=O) groups excluding carboxylic acids is 1. The predicted octanol–water partition coefficient (Wildman–Crippen LogP) is 4.95. The largest absolute Gasteiger partial charge is 0.497 e. The molecule has 0 aromatic heterocycles. The number of hydrogen-bond acceptors (Lipinski definition) is 5. The molecule has 0 unspecified atom stereocenters. The number of hydrazone groups is 1. The first-order valence-electron chi connectivity index (χ1n) is 9.29. The van der Waals surface area contributed by atoms with Crippen molar-refractivity contribution >= 4 is 63.3 Å². The van der Waals surface area contributed by atoms with Crippen LogP contribution in [0.3, 0.4) is 0 Å². The van der Waals surface area contributed by atoms with Crippen molar-refractivity contribution in [3.63, 3.8) is 0 Å². The Hall–Kier alpha value is -2.67. The van der Waals surface area contributed by atoms with Crippen LogP contribution in [0.25, 0.3) is 0 Å². The third-order valence-corrected chi connectivity index (χ3v) is 5.92. The van der Waals surface area contributed by atoms with Crippen molar-refractivity contribution in [3.05, 3.63) is 90.1 Å². The fourth-order valence-electron chi connectivity index (χ4n) is 2.69. The lowest BCUT2D eigenvalue weighted by Gasteiger charge is -2.11. The molecule has 3 aromatic carbocycles. The lowest BCUT2D eigenvalue weighted by atomic mass is 10.1. The molecular weight excluding hydrogens is 638 g/mol. The summed E-state index contributed by atoms with van der Waals surface area (Å²) in [6.07, 6.45) is 1.57. The van der Waals surface area contributed by atoms with E-state index < -0.39 is 5.97 Å². The van der Waals surface area contributed by atoms with Crippen molar-refractivity contribution in [2.75, 3.05) is 7.11 Å². The zero-order valence-corrected chi connectivity index (χ0v) is 21.2. The number of aromatic carboxylic acids is 1. The molecule has 1 amide bonds. The van der Waals surface area contributed by atoms with E-state index in [1.165, 1.54) is 0 Å². The van der Waals surface area contributed by atoms with E-state index in [4.69, 9.17) is 14.6 Å². The molecule has 3 aromatic rings. The Morgan fingerprint density at radius 1 is 1.03 bits per heavy atom. The molecule has 0 saturated heterocycles. The van der Waals surface area contributed by atoms with Crippen LogP contribution in [-0.2, 0) is 6.61 Å². The van der Waals surface area contributed by atoms with Crippen LogP contribution in [0.5, 0.6) is 11.5 Å². The first-order chi connectivity index (χ1) is 15.4. The molecule has 0 bridgehead atoms. The molecule has 0 fully saturated rings. The molecule has 164 valence electrons. The van der Waals surface area contributed by atoms with Gasteiger partial charge in [-0.25, -0.2) is 10.2 Å². The summed E-state index contributed by atoms with van der Waals surface area (Å²) in [4.78, 5) is 23.2. The first-order valence-corrected chi connectivity index (χ1v) is 11.4. The summed E-state index contributed by atoms with van der Waals surface area (Å²) in [5, 5.41) is 13.0. The molecule has 3 rings (SSSR count). The Kier molecular flexibility index (Phi) is 8.45. The van der Waals surface area contributed by atoms with Gasteiger partial charge in [-0.05, 0) is 98.8 Å². The fraction of sp³-hybridized carbons (Fsp3) is 0.0870. The number of nitrogens with one attached hydrogen (secondary N) is 1. The molecule has 0 aliphatic carbocycles. The van der Waals surface area contributed by atoms with E-state index in [1.807, 2.05) is 12.1 Å². The summed E-state index contributed by atoms with van der Waals surface area (Å²) in [5.41, 5.74) is 4.87. The number of methoxy groups -OCH3 is 1. The van der Waals surface area contributed by atoms with Crippen LogP contribution in [0, 0.1) is 7.14 Å². The highest BCUT2D eigenvalue weighted by atomic mass is 127. The SMILES string of the molecule is COc1cccc(C(=O)N/N=C\c2cc(I)c(OCc3ccc(C(=O)O)cc3)c(I)c2)c1. The number of halogens is 2. The second-order valence-corrected chi connectivity index (χ2v) is 8.86. The molecule has 7 nitrogen and oxygen atoms in total. The van der Waals surface area contributed by atoms with Crippen LogP contribution in [0.4, 0.5) is 0 Å². The van der Waals surface area contributed by atoms with E-state index in [-0.39, 0.29) is 11.5 Å². The van der Waals surface area contributed by atoms with E-state index in [0.29, 0.717) is 17.9 Å². The molecule has 0 atom stereocenters. The standard InChI is InChI=1S/C23H18I2N2O5/c1-31-18-4-2-3-17(11-18)22(28)27-26-12-15-9-19(24)21(20(25)10-15)32-13-14-5-7-16(8-6-14)23(29)30/h2-12H,13H2,1H3,(H,27,28)(H,29,30)/b26-12-. The van der Waals surface area contributed by atoms with Gasteiger partial charge in [-0.1, -0.05) is 18.2 Å². The lowest BCUT2D eigenvalue weighted by Crippen LogP contribution is -2.17.